The highest BCUT2D eigenvalue weighted by molar-refractivity contribution is 5.21. The molecule has 0 radical (unpaired) electrons. The molecule has 0 bridgehead atoms. The number of benzene rings is 1. The molecule has 0 aromatic heterocycles. The molecule has 82 valence electrons. The van der Waals surface area contributed by atoms with Gasteiger partial charge in [-0.05, 0) is 26.0 Å². The van der Waals surface area contributed by atoms with E-state index in [0.717, 1.165) is 12.2 Å². The molecule has 0 aliphatic heterocycles. The van der Waals surface area contributed by atoms with Crippen molar-refractivity contribution in [3.05, 3.63) is 43.2 Å². The Bertz CT molecular complexity index is 282. The number of hydrogen-bond acceptors (Lipinski definition) is 2. The lowest BCUT2D eigenvalue weighted by Gasteiger charge is -2.18. The van der Waals surface area contributed by atoms with Crippen LogP contribution in [0.1, 0.15) is 20.3 Å². The van der Waals surface area contributed by atoms with Crippen molar-refractivity contribution in [2.24, 2.45) is 0 Å². The van der Waals surface area contributed by atoms with E-state index in [0.29, 0.717) is 0 Å². The predicted molar refractivity (Wildman–Crippen MR) is 61.9 cm³/mol. The molecule has 2 heteroatoms. The monoisotopic (exact) mass is 206 g/mol. The Balaban J connectivity index is 2.36. The summed E-state index contributed by atoms with van der Waals surface area (Å²) in [6, 6.07) is 9.81. The fourth-order valence-electron chi connectivity index (χ4n) is 1.47. The third-order valence-electron chi connectivity index (χ3n) is 2.07. The van der Waals surface area contributed by atoms with Crippen molar-refractivity contribution < 1.29 is 9.47 Å². The number of para-hydroxylation sites is 1. The Kier molecular flexibility index (Phi) is 4.75. The largest absolute Gasteiger partial charge is 0.499 e. The van der Waals surface area contributed by atoms with Crippen molar-refractivity contribution >= 4 is 0 Å². The van der Waals surface area contributed by atoms with Gasteiger partial charge in [0.1, 0.15) is 5.75 Å². The van der Waals surface area contributed by atoms with Crippen LogP contribution in [0.4, 0.5) is 0 Å². The molecule has 2 atom stereocenters. The topological polar surface area (TPSA) is 18.5 Å². The third-order valence-corrected chi connectivity index (χ3v) is 2.07. The van der Waals surface area contributed by atoms with E-state index >= 15 is 0 Å². The fourth-order valence-corrected chi connectivity index (χ4v) is 1.47. The van der Waals surface area contributed by atoms with Gasteiger partial charge >= 0.3 is 0 Å². The molecule has 0 unspecified atom stereocenters. The van der Waals surface area contributed by atoms with Crippen LogP contribution in [0.3, 0.4) is 0 Å². The molecule has 1 aromatic rings. The van der Waals surface area contributed by atoms with E-state index in [1.54, 1.807) is 0 Å². The Morgan fingerprint density at radius 1 is 1.20 bits per heavy atom. The first kappa shape index (κ1) is 11.6. The van der Waals surface area contributed by atoms with Crippen LogP contribution >= 0.6 is 0 Å². The van der Waals surface area contributed by atoms with Gasteiger partial charge in [-0.3, -0.25) is 0 Å². The van der Waals surface area contributed by atoms with Crippen molar-refractivity contribution in [3.8, 4) is 5.75 Å². The summed E-state index contributed by atoms with van der Waals surface area (Å²) < 4.78 is 11.0. The molecule has 1 rings (SSSR count). The second-order valence-electron chi connectivity index (χ2n) is 3.59. The van der Waals surface area contributed by atoms with Gasteiger partial charge in [0, 0.05) is 6.42 Å². The second kappa shape index (κ2) is 6.12. The van der Waals surface area contributed by atoms with Crippen molar-refractivity contribution in [1.82, 2.24) is 0 Å². The highest BCUT2D eigenvalue weighted by Gasteiger charge is 2.09. The van der Waals surface area contributed by atoms with Crippen LogP contribution in [0.25, 0.3) is 0 Å². The summed E-state index contributed by atoms with van der Waals surface area (Å²) in [6.45, 7) is 7.57. The standard InChI is InChI=1S/C13H18O2/c1-4-14-11(2)10-12(3)15-13-8-6-5-7-9-13/h4-9,11-12H,1,10H2,2-3H3/t11-,12-/m0/s1. The van der Waals surface area contributed by atoms with Gasteiger partial charge < -0.3 is 9.47 Å². The zero-order valence-electron chi connectivity index (χ0n) is 9.35. The molecule has 0 aliphatic carbocycles. The minimum Gasteiger partial charge on any atom is -0.499 e. The van der Waals surface area contributed by atoms with E-state index in [-0.39, 0.29) is 12.2 Å². The lowest BCUT2D eigenvalue weighted by Crippen LogP contribution is -2.19. The Labute approximate surface area is 91.5 Å². The van der Waals surface area contributed by atoms with Gasteiger partial charge in [-0.2, -0.15) is 0 Å². The normalized spacial score (nSPS) is 14.0. The van der Waals surface area contributed by atoms with Crippen molar-refractivity contribution in [2.45, 2.75) is 32.5 Å². The minimum absolute atomic E-state index is 0.140. The summed E-state index contributed by atoms with van der Waals surface area (Å²) in [6.07, 6.45) is 2.60. The summed E-state index contributed by atoms with van der Waals surface area (Å²) in [5, 5.41) is 0. The highest BCUT2D eigenvalue weighted by atomic mass is 16.5. The molecular weight excluding hydrogens is 188 g/mol. The average molecular weight is 206 g/mol. The third kappa shape index (κ3) is 4.54. The molecule has 15 heavy (non-hydrogen) atoms. The van der Waals surface area contributed by atoms with Crippen molar-refractivity contribution in [2.75, 3.05) is 0 Å². The lowest BCUT2D eigenvalue weighted by atomic mass is 10.2. The van der Waals surface area contributed by atoms with Gasteiger partial charge in [-0.15, -0.1) is 0 Å². The molecule has 1 aromatic carbocycles. The zero-order chi connectivity index (χ0) is 11.1. The first-order valence-electron chi connectivity index (χ1n) is 5.20. The SMILES string of the molecule is C=CO[C@@H](C)C[C@H](C)Oc1ccccc1. The predicted octanol–water partition coefficient (Wildman–Crippen LogP) is 3.39. The van der Waals surface area contributed by atoms with E-state index < -0.39 is 0 Å². The lowest BCUT2D eigenvalue weighted by molar-refractivity contribution is 0.0997. The summed E-state index contributed by atoms with van der Waals surface area (Å²) in [5.41, 5.74) is 0. The highest BCUT2D eigenvalue weighted by Crippen LogP contribution is 2.14. The van der Waals surface area contributed by atoms with Gasteiger partial charge in [0.2, 0.25) is 0 Å². The van der Waals surface area contributed by atoms with Gasteiger partial charge in [-0.25, -0.2) is 0 Å². The van der Waals surface area contributed by atoms with E-state index in [1.807, 2.05) is 44.2 Å². The van der Waals surface area contributed by atoms with Gasteiger partial charge in [-0.1, -0.05) is 24.8 Å². The van der Waals surface area contributed by atoms with Crippen molar-refractivity contribution in [3.63, 3.8) is 0 Å². The van der Waals surface area contributed by atoms with E-state index in [1.165, 1.54) is 6.26 Å². The van der Waals surface area contributed by atoms with Crippen LogP contribution in [-0.4, -0.2) is 12.2 Å². The van der Waals surface area contributed by atoms with Crippen LogP contribution in [0.2, 0.25) is 0 Å². The first-order chi connectivity index (χ1) is 7.22. The minimum atomic E-state index is 0.140. The maximum absolute atomic E-state index is 5.72. The number of ether oxygens (including phenoxy) is 2. The smallest absolute Gasteiger partial charge is 0.119 e. The van der Waals surface area contributed by atoms with Crippen LogP contribution in [0.5, 0.6) is 5.75 Å². The molecule has 2 nitrogen and oxygen atoms in total. The Hall–Kier alpha value is -1.44. The van der Waals surface area contributed by atoms with E-state index in [4.69, 9.17) is 9.47 Å². The van der Waals surface area contributed by atoms with Gasteiger partial charge in [0.05, 0.1) is 18.5 Å². The fraction of sp³-hybridized carbons (Fsp3) is 0.385. The summed E-state index contributed by atoms with van der Waals surface area (Å²) in [4.78, 5) is 0. The molecular formula is C13H18O2. The molecule has 0 amide bonds. The molecule has 0 fully saturated rings. The summed E-state index contributed by atoms with van der Waals surface area (Å²) >= 11 is 0. The van der Waals surface area contributed by atoms with Crippen LogP contribution < -0.4 is 4.74 Å². The molecule has 0 aliphatic rings. The Morgan fingerprint density at radius 3 is 2.47 bits per heavy atom. The molecule has 0 saturated carbocycles. The molecule has 0 N–H and O–H groups in total. The van der Waals surface area contributed by atoms with Crippen LogP contribution in [-0.2, 0) is 4.74 Å². The number of hydrogen-bond donors (Lipinski definition) is 0. The second-order valence-corrected chi connectivity index (χ2v) is 3.59. The maximum Gasteiger partial charge on any atom is 0.119 e. The van der Waals surface area contributed by atoms with Crippen molar-refractivity contribution in [1.29, 1.82) is 0 Å². The average Bonchev–Trinajstić information content (AvgIpc) is 2.19. The van der Waals surface area contributed by atoms with Crippen LogP contribution in [0, 0.1) is 0 Å². The summed E-state index contributed by atoms with van der Waals surface area (Å²) in [7, 11) is 0. The first-order valence-corrected chi connectivity index (χ1v) is 5.20. The van der Waals surface area contributed by atoms with Gasteiger partial charge in [0.15, 0.2) is 0 Å². The van der Waals surface area contributed by atoms with E-state index in [2.05, 4.69) is 6.58 Å². The number of rotatable bonds is 6. The summed E-state index contributed by atoms with van der Waals surface area (Å²) in [5.74, 6) is 0.899. The molecule has 0 spiro atoms. The van der Waals surface area contributed by atoms with Crippen LogP contribution in [0.15, 0.2) is 43.2 Å². The zero-order valence-corrected chi connectivity index (χ0v) is 9.35. The van der Waals surface area contributed by atoms with Gasteiger partial charge in [0.25, 0.3) is 0 Å². The maximum atomic E-state index is 5.72. The quantitative estimate of drug-likeness (QED) is 0.664. The molecule has 0 heterocycles. The Morgan fingerprint density at radius 2 is 1.87 bits per heavy atom. The molecule has 0 saturated heterocycles. The van der Waals surface area contributed by atoms with E-state index in [9.17, 15) is 0 Å².